The zero-order valence-corrected chi connectivity index (χ0v) is 13.1. The van der Waals surface area contributed by atoms with E-state index in [-0.39, 0.29) is 0 Å². The lowest BCUT2D eigenvalue weighted by Crippen LogP contribution is -2.10. The van der Waals surface area contributed by atoms with Crippen LogP contribution in [0.15, 0.2) is 0 Å². The standard InChI is InChI=1S/2C8H18/c1-6(2)8(5)7(3)4;1-4-5-6-7-8(2)3/h6-8H,1-5H3;8H,4-7H2,1-3H3. The second-order valence-electron chi connectivity index (χ2n) is 6.24. The number of hydrogen-bond donors (Lipinski definition) is 0. The van der Waals surface area contributed by atoms with Crippen LogP contribution in [-0.2, 0) is 0 Å². The van der Waals surface area contributed by atoms with Gasteiger partial charge in [-0.3, -0.25) is 0 Å². The first-order valence-corrected chi connectivity index (χ1v) is 7.32. The molecule has 0 fully saturated rings. The highest BCUT2D eigenvalue weighted by molar-refractivity contribution is 4.59. The van der Waals surface area contributed by atoms with Gasteiger partial charge < -0.3 is 0 Å². The Morgan fingerprint density at radius 2 is 1.12 bits per heavy atom. The minimum Gasteiger partial charge on any atom is -0.0654 e. The molecule has 0 unspecified atom stereocenters. The molecule has 0 saturated carbocycles. The molecular formula is C16H36. The van der Waals surface area contributed by atoms with Gasteiger partial charge in [0.2, 0.25) is 0 Å². The van der Waals surface area contributed by atoms with Gasteiger partial charge in [-0.1, -0.05) is 81.1 Å². The van der Waals surface area contributed by atoms with Gasteiger partial charge in [-0.2, -0.15) is 0 Å². The normalized spacial score (nSPS) is 11.2. The fourth-order valence-corrected chi connectivity index (χ4v) is 1.57. The molecule has 16 heavy (non-hydrogen) atoms. The summed E-state index contributed by atoms with van der Waals surface area (Å²) in [6.07, 6.45) is 5.60. The van der Waals surface area contributed by atoms with E-state index in [1.165, 1.54) is 25.7 Å². The van der Waals surface area contributed by atoms with E-state index in [9.17, 15) is 0 Å². The predicted octanol–water partition coefficient (Wildman–Crippen LogP) is 6.16. The van der Waals surface area contributed by atoms with E-state index in [0.29, 0.717) is 0 Å². The third kappa shape index (κ3) is 14.0. The smallest absolute Gasteiger partial charge is 0.0396 e. The maximum absolute atomic E-state index is 2.31. The molecule has 0 N–H and O–H groups in total. The van der Waals surface area contributed by atoms with Crippen molar-refractivity contribution < 1.29 is 0 Å². The first kappa shape index (κ1) is 18.4. The van der Waals surface area contributed by atoms with Crippen LogP contribution in [0.3, 0.4) is 0 Å². The zero-order chi connectivity index (χ0) is 13.1. The van der Waals surface area contributed by atoms with Gasteiger partial charge in [0.15, 0.2) is 0 Å². The van der Waals surface area contributed by atoms with Crippen LogP contribution in [0.25, 0.3) is 0 Å². The molecule has 0 rings (SSSR count). The minimum absolute atomic E-state index is 0.843. The Hall–Kier alpha value is 0. The SMILES string of the molecule is CC(C)C(C)C(C)C.CCCCCC(C)C. The molecule has 0 bridgehead atoms. The van der Waals surface area contributed by atoms with E-state index in [4.69, 9.17) is 0 Å². The number of rotatable bonds is 6. The highest BCUT2D eigenvalue weighted by atomic mass is 14.2. The maximum Gasteiger partial charge on any atom is -0.0396 e. The van der Waals surface area contributed by atoms with Crippen LogP contribution in [0, 0.1) is 23.7 Å². The summed E-state index contributed by atoms with van der Waals surface area (Å²) in [5.41, 5.74) is 0. The Balaban J connectivity index is 0. The van der Waals surface area contributed by atoms with Crippen molar-refractivity contribution in [1.29, 1.82) is 0 Å². The number of hydrogen-bond acceptors (Lipinski definition) is 0. The molecule has 0 aromatic rings. The average molecular weight is 228 g/mol. The van der Waals surface area contributed by atoms with Crippen LogP contribution in [0.5, 0.6) is 0 Å². The summed E-state index contributed by atoms with van der Waals surface area (Å²) in [5.74, 6) is 3.46. The molecule has 0 aliphatic heterocycles. The lowest BCUT2D eigenvalue weighted by Gasteiger charge is -2.18. The summed E-state index contributed by atoms with van der Waals surface area (Å²) in [5, 5.41) is 0. The van der Waals surface area contributed by atoms with E-state index in [1.54, 1.807) is 0 Å². The molecular weight excluding hydrogens is 192 g/mol. The predicted molar refractivity (Wildman–Crippen MR) is 77.8 cm³/mol. The largest absolute Gasteiger partial charge is 0.0654 e. The zero-order valence-electron chi connectivity index (χ0n) is 13.1. The van der Waals surface area contributed by atoms with Crippen molar-refractivity contribution in [2.24, 2.45) is 23.7 Å². The van der Waals surface area contributed by atoms with Gasteiger partial charge in [-0.25, -0.2) is 0 Å². The molecule has 0 heteroatoms. The van der Waals surface area contributed by atoms with Crippen LogP contribution in [0.2, 0.25) is 0 Å². The van der Waals surface area contributed by atoms with Gasteiger partial charge in [0, 0.05) is 0 Å². The van der Waals surface area contributed by atoms with Crippen LogP contribution in [0.1, 0.15) is 81.1 Å². The van der Waals surface area contributed by atoms with Crippen molar-refractivity contribution >= 4 is 0 Å². The summed E-state index contributed by atoms with van der Waals surface area (Å²) in [6, 6.07) is 0. The highest BCUT2D eigenvalue weighted by Crippen LogP contribution is 2.18. The first-order chi connectivity index (χ1) is 7.32. The topological polar surface area (TPSA) is 0 Å². The number of unbranched alkanes of at least 4 members (excludes halogenated alkanes) is 2. The van der Waals surface area contributed by atoms with Gasteiger partial charge in [0.05, 0.1) is 0 Å². The Kier molecular flexibility index (Phi) is 13.2. The Morgan fingerprint density at radius 3 is 1.31 bits per heavy atom. The Labute approximate surface area is 105 Å². The summed E-state index contributed by atoms with van der Waals surface area (Å²) in [4.78, 5) is 0. The summed E-state index contributed by atoms with van der Waals surface area (Å²) >= 11 is 0. The lowest BCUT2D eigenvalue weighted by molar-refractivity contribution is 0.316. The first-order valence-electron chi connectivity index (χ1n) is 7.32. The molecule has 0 amide bonds. The average Bonchev–Trinajstić information content (AvgIpc) is 2.17. The molecule has 0 saturated heterocycles. The van der Waals surface area contributed by atoms with Gasteiger partial charge in [-0.05, 0) is 23.7 Å². The summed E-state index contributed by atoms with van der Waals surface area (Å²) < 4.78 is 0. The van der Waals surface area contributed by atoms with Crippen molar-refractivity contribution in [2.75, 3.05) is 0 Å². The van der Waals surface area contributed by atoms with Crippen molar-refractivity contribution in [3.05, 3.63) is 0 Å². The van der Waals surface area contributed by atoms with E-state index in [0.717, 1.165) is 23.7 Å². The fraction of sp³-hybridized carbons (Fsp3) is 1.00. The lowest BCUT2D eigenvalue weighted by atomic mass is 9.88. The van der Waals surface area contributed by atoms with Gasteiger partial charge in [-0.15, -0.1) is 0 Å². The minimum atomic E-state index is 0.843. The summed E-state index contributed by atoms with van der Waals surface area (Å²) in [7, 11) is 0. The molecule has 0 aromatic carbocycles. The van der Waals surface area contributed by atoms with Crippen LogP contribution in [-0.4, -0.2) is 0 Å². The summed E-state index contributed by atoms with van der Waals surface area (Å²) in [6.45, 7) is 18.3. The molecule has 0 aliphatic carbocycles. The van der Waals surface area contributed by atoms with Gasteiger partial charge in [0.25, 0.3) is 0 Å². The molecule has 0 aliphatic rings. The van der Waals surface area contributed by atoms with Crippen LogP contribution in [0.4, 0.5) is 0 Å². The van der Waals surface area contributed by atoms with Crippen molar-refractivity contribution in [1.82, 2.24) is 0 Å². The van der Waals surface area contributed by atoms with E-state index < -0.39 is 0 Å². The molecule has 100 valence electrons. The maximum atomic E-state index is 2.31. The molecule has 0 radical (unpaired) electrons. The monoisotopic (exact) mass is 228 g/mol. The molecule has 0 aromatic heterocycles. The van der Waals surface area contributed by atoms with Crippen molar-refractivity contribution in [3.8, 4) is 0 Å². The fourth-order valence-electron chi connectivity index (χ4n) is 1.57. The second-order valence-corrected chi connectivity index (χ2v) is 6.24. The van der Waals surface area contributed by atoms with Crippen molar-refractivity contribution in [3.63, 3.8) is 0 Å². The Bertz CT molecular complexity index is 114. The third-order valence-corrected chi connectivity index (χ3v) is 3.49. The van der Waals surface area contributed by atoms with Gasteiger partial charge >= 0.3 is 0 Å². The van der Waals surface area contributed by atoms with E-state index in [1.807, 2.05) is 0 Å². The molecule has 0 heterocycles. The molecule has 0 atom stereocenters. The molecule has 0 nitrogen and oxygen atoms in total. The Morgan fingerprint density at radius 1 is 0.688 bits per heavy atom. The third-order valence-electron chi connectivity index (χ3n) is 3.49. The van der Waals surface area contributed by atoms with E-state index >= 15 is 0 Å². The highest BCUT2D eigenvalue weighted by Gasteiger charge is 2.09. The van der Waals surface area contributed by atoms with Gasteiger partial charge in [0.1, 0.15) is 0 Å². The van der Waals surface area contributed by atoms with E-state index in [2.05, 4.69) is 55.4 Å². The van der Waals surface area contributed by atoms with Crippen molar-refractivity contribution in [2.45, 2.75) is 81.1 Å². The van der Waals surface area contributed by atoms with Crippen LogP contribution >= 0.6 is 0 Å². The second kappa shape index (κ2) is 11.5. The van der Waals surface area contributed by atoms with Crippen LogP contribution < -0.4 is 0 Å². The molecule has 0 spiro atoms. The quantitative estimate of drug-likeness (QED) is 0.478.